The molecular formula is C25H21NO4. The van der Waals surface area contributed by atoms with Crippen LogP contribution in [0, 0.1) is 11.3 Å². The predicted octanol–water partition coefficient (Wildman–Crippen LogP) is 4.92. The van der Waals surface area contributed by atoms with Crippen molar-refractivity contribution in [3.8, 4) is 23.3 Å². The minimum atomic E-state index is -0.396. The van der Waals surface area contributed by atoms with Gasteiger partial charge in [0, 0.05) is 0 Å². The first-order valence-corrected chi connectivity index (χ1v) is 9.32. The van der Waals surface area contributed by atoms with E-state index in [0.29, 0.717) is 22.8 Å². The molecule has 3 aromatic rings. The van der Waals surface area contributed by atoms with E-state index < -0.39 is 5.97 Å². The summed E-state index contributed by atoms with van der Waals surface area (Å²) in [7, 11) is 3.10. The molecule has 150 valence electrons. The molecule has 0 fully saturated rings. The Balaban J connectivity index is 1.73. The standard InChI is InChI=1S/C25H21NO4/c1-28-23-12-11-19(15-24(23)29-2)16-25(27)30-22-10-6-7-18(14-22)13-21(17-26)20-8-4-3-5-9-20/h3-15H,16H2,1-2H3/b21-13-. The van der Waals surface area contributed by atoms with Crippen LogP contribution in [0.2, 0.25) is 0 Å². The van der Waals surface area contributed by atoms with Gasteiger partial charge in [0.1, 0.15) is 5.75 Å². The van der Waals surface area contributed by atoms with Crippen LogP contribution in [-0.4, -0.2) is 20.2 Å². The molecule has 0 aliphatic carbocycles. The molecule has 0 aliphatic heterocycles. The van der Waals surface area contributed by atoms with Gasteiger partial charge >= 0.3 is 5.97 Å². The first-order valence-electron chi connectivity index (χ1n) is 9.32. The Morgan fingerprint density at radius 1 is 0.933 bits per heavy atom. The molecule has 0 amide bonds. The zero-order chi connectivity index (χ0) is 21.3. The molecule has 0 saturated carbocycles. The van der Waals surface area contributed by atoms with Crippen LogP contribution in [0.5, 0.6) is 17.2 Å². The van der Waals surface area contributed by atoms with Crippen LogP contribution in [0.1, 0.15) is 16.7 Å². The number of carbonyl (C=O) groups is 1. The maximum absolute atomic E-state index is 12.4. The van der Waals surface area contributed by atoms with Gasteiger partial charge < -0.3 is 14.2 Å². The van der Waals surface area contributed by atoms with E-state index >= 15 is 0 Å². The van der Waals surface area contributed by atoms with Gasteiger partial charge in [0.25, 0.3) is 0 Å². The Kier molecular flexibility index (Phi) is 6.86. The number of nitriles is 1. The van der Waals surface area contributed by atoms with E-state index in [1.165, 1.54) is 0 Å². The lowest BCUT2D eigenvalue weighted by Crippen LogP contribution is -2.11. The quantitative estimate of drug-likeness (QED) is 0.244. The Morgan fingerprint density at radius 3 is 2.40 bits per heavy atom. The summed E-state index contributed by atoms with van der Waals surface area (Å²) in [6.45, 7) is 0. The van der Waals surface area contributed by atoms with Gasteiger partial charge in [0.2, 0.25) is 0 Å². The Bertz CT molecular complexity index is 1100. The molecule has 3 aromatic carbocycles. The third-order valence-electron chi connectivity index (χ3n) is 4.40. The van der Waals surface area contributed by atoms with E-state index in [2.05, 4.69) is 6.07 Å². The van der Waals surface area contributed by atoms with Crippen molar-refractivity contribution < 1.29 is 19.0 Å². The summed E-state index contributed by atoms with van der Waals surface area (Å²) in [5.74, 6) is 1.17. The third kappa shape index (κ3) is 5.27. The highest BCUT2D eigenvalue weighted by molar-refractivity contribution is 5.89. The van der Waals surface area contributed by atoms with Gasteiger partial charge in [-0.25, -0.2) is 0 Å². The van der Waals surface area contributed by atoms with E-state index in [4.69, 9.17) is 14.2 Å². The molecule has 0 aliphatic rings. The fraction of sp³-hybridized carbons (Fsp3) is 0.120. The molecule has 0 radical (unpaired) electrons. The monoisotopic (exact) mass is 399 g/mol. The second-order valence-electron chi connectivity index (χ2n) is 6.45. The van der Waals surface area contributed by atoms with E-state index in [1.54, 1.807) is 56.7 Å². The molecule has 0 unspecified atom stereocenters. The van der Waals surface area contributed by atoms with E-state index in [0.717, 1.165) is 16.7 Å². The van der Waals surface area contributed by atoms with Crippen LogP contribution in [0.4, 0.5) is 0 Å². The summed E-state index contributed by atoms with van der Waals surface area (Å²) >= 11 is 0. The van der Waals surface area contributed by atoms with Gasteiger partial charge in [-0.1, -0.05) is 48.5 Å². The average Bonchev–Trinajstić information content (AvgIpc) is 2.78. The number of methoxy groups -OCH3 is 2. The van der Waals surface area contributed by atoms with Crippen molar-refractivity contribution in [2.75, 3.05) is 14.2 Å². The molecule has 5 heteroatoms. The lowest BCUT2D eigenvalue weighted by Gasteiger charge is -2.10. The molecule has 0 N–H and O–H groups in total. The van der Waals surface area contributed by atoms with Gasteiger partial charge in [-0.15, -0.1) is 0 Å². The van der Waals surface area contributed by atoms with Crippen molar-refractivity contribution in [1.29, 1.82) is 5.26 Å². The lowest BCUT2D eigenvalue weighted by molar-refractivity contribution is -0.133. The fourth-order valence-corrected chi connectivity index (χ4v) is 2.96. The van der Waals surface area contributed by atoms with Gasteiger partial charge in [-0.2, -0.15) is 5.26 Å². The number of hydrogen-bond donors (Lipinski definition) is 0. The molecule has 0 spiro atoms. The number of rotatable bonds is 7. The number of esters is 1. The summed E-state index contributed by atoms with van der Waals surface area (Å²) in [5, 5.41) is 9.48. The van der Waals surface area contributed by atoms with Gasteiger partial charge in [0.05, 0.1) is 32.3 Å². The van der Waals surface area contributed by atoms with Crippen LogP contribution >= 0.6 is 0 Å². The van der Waals surface area contributed by atoms with Crippen LogP contribution in [0.25, 0.3) is 11.6 Å². The zero-order valence-corrected chi connectivity index (χ0v) is 16.8. The smallest absolute Gasteiger partial charge is 0.315 e. The Hall–Kier alpha value is -4.04. The molecule has 30 heavy (non-hydrogen) atoms. The number of allylic oxidation sites excluding steroid dienone is 1. The van der Waals surface area contributed by atoms with Crippen molar-refractivity contribution >= 4 is 17.6 Å². The second kappa shape index (κ2) is 9.94. The highest BCUT2D eigenvalue weighted by Gasteiger charge is 2.11. The molecular weight excluding hydrogens is 378 g/mol. The van der Waals surface area contributed by atoms with Crippen LogP contribution in [0.3, 0.4) is 0 Å². The Labute approximate surface area is 175 Å². The molecule has 0 saturated heterocycles. The molecule has 0 heterocycles. The van der Waals surface area contributed by atoms with Crippen molar-refractivity contribution in [1.82, 2.24) is 0 Å². The minimum Gasteiger partial charge on any atom is -0.493 e. The summed E-state index contributed by atoms with van der Waals surface area (Å²) in [5.41, 5.74) is 2.89. The molecule has 0 aromatic heterocycles. The normalized spacial score (nSPS) is 10.8. The van der Waals surface area contributed by atoms with Gasteiger partial charge in [-0.3, -0.25) is 4.79 Å². The summed E-state index contributed by atoms with van der Waals surface area (Å²) in [4.78, 5) is 12.4. The van der Waals surface area contributed by atoms with Gasteiger partial charge in [0.15, 0.2) is 11.5 Å². The van der Waals surface area contributed by atoms with E-state index in [1.807, 2.05) is 36.4 Å². The minimum absolute atomic E-state index is 0.0912. The van der Waals surface area contributed by atoms with Crippen molar-refractivity contribution in [2.24, 2.45) is 0 Å². The largest absolute Gasteiger partial charge is 0.493 e. The molecule has 0 atom stereocenters. The van der Waals surface area contributed by atoms with Gasteiger partial charge in [-0.05, 0) is 47.0 Å². The van der Waals surface area contributed by atoms with Crippen molar-refractivity contribution in [3.63, 3.8) is 0 Å². The average molecular weight is 399 g/mol. The van der Waals surface area contributed by atoms with Crippen molar-refractivity contribution in [3.05, 3.63) is 89.5 Å². The number of hydrogen-bond acceptors (Lipinski definition) is 5. The molecule has 3 rings (SSSR count). The van der Waals surface area contributed by atoms with E-state index in [-0.39, 0.29) is 6.42 Å². The highest BCUT2D eigenvalue weighted by Crippen LogP contribution is 2.28. The number of benzene rings is 3. The first-order chi connectivity index (χ1) is 14.6. The summed E-state index contributed by atoms with van der Waals surface area (Å²) < 4.78 is 16.0. The maximum Gasteiger partial charge on any atom is 0.315 e. The van der Waals surface area contributed by atoms with Crippen molar-refractivity contribution in [2.45, 2.75) is 6.42 Å². The zero-order valence-electron chi connectivity index (χ0n) is 16.8. The SMILES string of the molecule is COc1ccc(CC(=O)Oc2cccc(/C=C(/C#N)c3ccccc3)c2)cc1OC. The second-order valence-corrected chi connectivity index (χ2v) is 6.45. The Morgan fingerprint density at radius 2 is 1.70 bits per heavy atom. The highest BCUT2D eigenvalue weighted by atomic mass is 16.5. The summed E-state index contributed by atoms with van der Waals surface area (Å²) in [6, 6.07) is 24.0. The van der Waals surface area contributed by atoms with E-state index in [9.17, 15) is 10.1 Å². The topological polar surface area (TPSA) is 68.5 Å². The fourth-order valence-electron chi connectivity index (χ4n) is 2.96. The predicted molar refractivity (Wildman–Crippen MR) is 115 cm³/mol. The van der Waals surface area contributed by atoms with Crippen LogP contribution in [0.15, 0.2) is 72.8 Å². The number of ether oxygens (including phenoxy) is 3. The number of carbonyl (C=O) groups excluding carboxylic acids is 1. The maximum atomic E-state index is 12.4. The molecule has 5 nitrogen and oxygen atoms in total. The summed E-state index contributed by atoms with van der Waals surface area (Å²) in [6.07, 6.45) is 1.86. The van der Waals surface area contributed by atoms with Crippen LogP contribution < -0.4 is 14.2 Å². The molecule has 0 bridgehead atoms. The number of nitrogens with zero attached hydrogens (tertiary/aromatic N) is 1. The van der Waals surface area contributed by atoms with Crippen LogP contribution in [-0.2, 0) is 11.2 Å². The third-order valence-corrected chi connectivity index (χ3v) is 4.40. The first kappa shape index (κ1) is 20.7. The lowest BCUT2D eigenvalue weighted by atomic mass is 10.0.